The molecule has 0 bridgehead atoms. The molecule has 19 heavy (non-hydrogen) atoms. The van der Waals surface area contributed by atoms with Gasteiger partial charge in [0.05, 0.1) is 0 Å². The first-order chi connectivity index (χ1) is 9.11. The van der Waals surface area contributed by atoms with E-state index in [1.54, 1.807) is 0 Å². The Bertz CT molecular complexity index is 430. The van der Waals surface area contributed by atoms with Gasteiger partial charge in [0, 0.05) is 38.8 Å². The summed E-state index contributed by atoms with van der Waals surface area (Å²) >= 11 is 0. The summed E-state index contributed by atoms with van der Waals surface area (Å²) in [6.07, 6.45) is 3.07. The van der Waals surface area contributed by atoms with Crippen LogP contribution in [0.15, 0.2) is 0 Å². The van der Waals surface area contributed by atoms with Crippen LogP contribution in [0.4, 0.5) is 11.6 Å². The summed E-state index contributed by atoms with van der Waals surface area (Å²) in [5, 5.41) is 0. The molecule has 0 unspecified atom stereocenters. The van der Waals surface area contributed by atoms with E-state index in [0.29, 0.717) is 11.7 Å². The van der Waals surface area contributed by atoms with Gasteiger partial charge in [0.2, 0.25) is 0 Å². The van der Waals surface area contributed by atoms with Crippen molar-refractivity contribution in [1.82, 2.24) is 9.97 Å². The molecule has 1 aliphatic heterocycles. The van der Waals surface area contributed by atoms with Gasteiger partial charge in [-0.1, -0.05) is 6.92 Å². The minimum atomic E-state index is 0.598. The zero-order valence-corrected chi connectivity index (χ0v) is 12.1. The lowest BCUT2D eigenvalue weighted by molar-refractivity contribution is 0.0685. The van der Waals surface area contributed by atoms with E-state index in [1.807, 2.05) is 13.8 Å². The summed E-state index contributed by atoms with van der Waals surface area (Å²) in [6, 6.07) is 0. The summed E-state index contributed by atoms with van der Waals surface area (Å²) in [6.45, 7) is 6.80. The minimum absolute atomic E-state index is 0.598. The maximum atomic E-state index is 5.97. The van der Waals surface area contributed by atoms with Crippen molar-refractivity contribution in [1.29, 1.82) is 0 Å². The van der Waals surface area contributed by atoms with Crippen molar-refractivity contribution in [3.63, 3.8) is 0 Å². The van der Waals surface area contributed by atoms with Gasteiger partial charge in [-0.05, 0) is 25.7 Å². The van der Waals surface area contributed by atoms with Gasteiger partial charge in [-0.2, -0.15) is 0 Å². The largest absolute Gasteiger partial charge is 0.383 e. The highest BCUT2D eigenvalue weighted by molar-refractivity contribution is 5.56. The van der Waals surface area contributed by atoms with Crippen molar-refractivity contribution in [3.8, 4) is 0 Å². The Hall–Kier alpha value is -1.36. The van der Waals surface area contributed by atoms with Crippen LogP contribution in [-0.4, -0.2) is 36.8 Å². The Morgan fingerprint density at radius 2 is 2.00 bits per heavy atom. The molecule has 0 atom stereocenters. The molecule has 106 valence electrons. The maximum absolute atomic E-state index is 5.97. The molecule has 0 spiro atoms. The second-order valence-corrected chi connectivity index (χ2v) is 5.26. The Labute approximate surface area is 115 Å². The van der Waals surface area contributed by atoms with Crippen LogP contribution in [0.1, 0.15) is 31.2 Å². The van der Waals surface area contributed by atoms with Crippen LogP contribution in [0.3, 0.4) is 0 Å². The quantitative estimate of drug-likeness (QED) is 0.898. The van der Waals surface area contributed by atoms with Crippen LogP contribution in [0, 0.1) is 12.8 Å². The highest BCUT2D eigenvalue weighted by Gasteiger charge is 2.18. The Morgan fingerprint density at radius 1 is 1.32 bits per heavy atom. The van der Waals surface area contributed by atoms with Crippen LogP contribution in [-0.2, 0) is 11.2 Å². The Morgan fingerprint density at radius 3 is 2.63 bits per heavy atom. The molecule has 5 nitrogen and oxygen atoms in total. The number of hydrogen-bond acceptors (Lipinski definition) is 5. The average Bonchev–Trinajstić information content (AvgIpc) is 2.42. The van der Waals surface area contributed by atoms with Gasteiger partial charge in [0.15, 0.2) is 0 Å². The number of anilines is 2. The number of nitrogen functional groups attached to an aromatic ring is 1. The predicted molar refractivity (Wildman–Crippen MR) is 77.4 cm³/mol. The normalized spacial score (nSPS) is 16.6. The van der Waals surface area contributed by atoms with Gasteiger partial charge in [-0.25, -0.2) is 9.97 Å². The fourth-order valence-corrected chi connectivity index (χ4v) is 2.50. The molecule has 1 aromatic rings. The van der Waals surface area contributed by atoms with Crippen LogP contribution < -0.4 is 10.6 Å². The van der Waals surface area contributed by atoms with Gasteiger partial charge in [0.1, 0.15) is 17.5 Å². The lowest BCUT2D eigenvalue weighted by Crippen LogP contribution is -2.31. The molecule has 0 aliphatic carbocycles. The van der Waals surface area contributed by atoms with Gasteiger partial charge < -0.3 is 15.4 Å². The highest BCUT2D eigenvalue weighted by Crippen LogP contribution is 2.24. The van der Waals surface area contributed by atoms with E-state index < -0.39 is 0 Å². The molecule has 1 saturated heterocycles. The molecule has 0 radical (unpaired) electrons. The van der Waals surface area contributed by atoms with Crippen molar-refractivity contribution in [2.24, 2.45) is 5.92 Å². The lowest BCUT2D eigenvalue weighted by Gasteiger charge is -2.29. The molecule has 0 aromatic carbocycles. The summed E-state index contributed by atoms with van der Waals surface area (Å²) in [4.78, 5) is 11.1. The number of nitrogens with zero attached hydrogens (tertiary/aromatic N) is 3. The van der Waals surface area contributed by atoms with Crippen molar-refractivity contribution in [3.05, 3.63) is 11.4 Å². The molecule has 2 heterocycles. The van der Waals surface area contributed by atoms with Gasteiger partial charge in [-0.3, -0.25) is 0 Å². The molecule has 0 saturated carbocycles. The fourth-order valence-electron chi connectivity index (χ4n) is 2.50. The maximum Gasteiger partial charge on any atom is 0.137 e. The molecule has 1 fully saturated rings. The highest BCUT2D eigenvalue weighted by atomic mass is 16.5. The number of aromatic nitrogens is 2. The van der Waals surface area contributed by atoms with Crippen LogP contribution >= 0.6 is 0 Å². The van der Waals surface area contributed by atoms with Gasteiger partial charge >= 0.3 is 0 Å². The molecule has 0 amide bonds. The second-order valence-electron chi connectivity index (χ2n) is 5.26. The Kier molecular flexibility index (Phi) is 4.58. The smallest absolute Gasteiger partial charge is 0.137 e. The number of hydrogen-bond donors (Lipinski definition) is 1. The van der Waals surface area contributed by atoms with Crippen molar-refractivity contribution >= 4 is 11.6 Å². The summed E-state index contributed by atoms with van der Waals surface area (Å²) in [5.74, 6) is 3.06. The predicted octanol–water partition coefficient (Wildman–Crippen LogP) is 1.79. The number of rotatable bonds is 4. The SMILES string of the molecule is CCc1nc(N)c(C)c(N(C)CC2CCOCC2)n1. The molecule has 2 rings (SSSR count). The second kappa shape index (κ2) is 6.19. The van der Waals surface area contributed by atoms with E-state index in [2.05, 4.69) is 21.9 Å². The summed E-state index contributed by atoms with van der Waals surface area (Å²) < 4.78 is 5.40. The zero-order valence-electron chi connectivity index (χ0n) is 12.1. The third-order valence-electron chi connectivity index (χ3n) is 3.75. The minimum Gasteiger partial charge on any atom is -0.383 e. The van der Waals surface area contributed by atoms with E-state index in [1.165, 1.54) is 0 Å². The zero-order chi connectivity index (χ0) is 13.8. The first-order valence-electron chi connectivity index (χ1n) is 7.03. The van der Waals surface area contributed by atoms with Gasteiger partial charge in [0.25, 0.3) is 0 Å². The van der Waals surface area contributed by atoms with Crippen molar-refractivity contribution in [2.45, 2.75) is 33.1 Å². The number of aryl methyl sites for hydroxylation is 1. The first-order valence-corrected chi connectivity index (χ1v) is 7.03. The summed E-state index contributed by atoms with van der Waals surface area (Å²) in [7, 11) is 2.09. The molecule has 2 N–H and O–H groups in total. The third kappa shape index (κ3) is 3.35. The van der Waals surface area contributed by atoms with E-state index in [4.69, 9.17) is 10.5 Å². The monoisotopic (exact) mass is 264 g/mol. The Balaban J connectivity index is 2.13. The summed E-state index contributed by atoms with van der Waals surface area (Å²) in [5.41, 5.74) is 6.95. The average molecular weight is 264 g/mol. The standard InChI is InChI=1S/C14H24N4O/c1-4-12-16-13(15)10(2)14(17-12)18(3)9-11-5-7-19-8-6-11/h11H,4-9H2,1-3H3,(H2,15,16,17). The molecule has 1 aromatic heterocycles. The number of nitrogens with two attached hydrogens (primary N) is 1. The molecular formula is C14H24N4O. The molecule has 1 aliphatic rings. The van der Waals surface area contributed by atoms with E-state index in [-0.39, 0.29) is 0 Å². The third-order valence-corrected chi connectivity index (χ3v) is 3.75. The van der Waals surface area contributed by atoms with E-state index in [0.717, 1.165) is 56.2 Å². The number of ether oxygens (including phenoxy) is 1. The van der Waals surface area contributed by atoms with E-state index in [9.17, 15) is 0 Å². The first kappa shape index (κ1) is 14.1. The van der Waals surface area contributed by atoms with Crippen molar-refractivity contribution in [2.75, 3.05) is 37.4 Å². The molecule has 5 heteroatoms. The molecular weight excluding hydrogens is 240 g/mol. The van der Waals surface area contributed by atoms with Gasteiger partial charge in [-0.15, -0.1) is 0 Å². The van der Waals surface area contributed by atoms with Crippen LogP contribution in [0.25, 0.3) is 0 Å². The van der Waals surface area contributed by atoms with Crippen molar-refractivity contribution < 1.29 is 4.74 Å². The topological polar surface area (TPSA) is 64.3 Å². The van der Waals surface area contributed by atoms with Crippen LogP contribution in [0.5, 0.6) is 0 Å². The van der Waals surface area contributed by atoms with E-state index >= 15 is 0 Å². The lowest BCUT2D eigenvalue weighted by atomic mass is 10.00. The van der Waals surface area contributed by atoms with Crippen LogP contribution in [0.2, 0.25) is 0 Å². The fraction of sp³-hybridized carbons (Fsp3) is 0.714.